The number of nitrogens with one attached hydrogen (secondary N) is 1. The van der Waals surface area contributed by atoms with Crippen molar-refractivity contribution in [2.45, 2.75) is 53.1 Å². The minimum atomic E-state index is -1.23. The van der Waals surface area contributed by atoms with Crippen LogP contribution in [-0.2, 0) is 4.79 Å². The van der Waals surface area contributed by atoms with E-state index in [9.17, 15) is 4.79 Å². The molecule has 0 aliphatic heterocycles. The van der Waals surface area contributed by atoms with E-state index in [0.717, 1.165) is 47.0 Å². The second-order valence-electron chi connectivity index (χ2n) is 6.32. The van der Waals surface area contributed by atoms with Crippen molar-refractivity contribution in [2.24, 2.45) is 0 Å². The number of carbonyl (C=O) groups is 1. The zero-order valence-electron chi connectivity index (χ0n) is 14.8. The van der Waals surface area contributed by atoms with Crippen molar-refractivity contribution < 1.29 is 4.79 Å². The van der Waals surface area contributed by atoms with Crippen molar-refractivity contribution in [3.8, 4) is 0 Å². The topological polar surface area (TPSA) is 29.1 Å². The van der Waals surface area contributed by atoms with E-state index >= 15 is 0 Å². The lowest BCUT2D eigenvalue weighted by atomic mass is 10.1. The molecule has 0 aliphatic carbocycles. The first kappa shape index (κ1) is 19.5. The molecule has 22 heavy (non-hydrogen) atoms. The first-order chi connectivity index (χ1) is 10.3. The van der Waals surface area contributed by atoms with Gasteiger partial charge in [0.2, 0.25) is 0 Å². The lowest BCUT2D eigenvalue weighted by Gasteiger charge is -2.29. The maximum atomic E-state index is 12.9. The van der Waals surface area contributed by atoms with Gasteiger partial charge >= 0.3 is 0 Å². The van der Waals surface area contributed by atoms with Crippen molar-refractivity contribution in [3.63, 3.8) is 0 Å². The Morgan fingerprint density at radius 1 is 1.18 bits per heavy atom. The summed E-state index contributed by atoms with van der Waals surface area (Å²) in [6.07, 6.45) is 4.27. The van der Waals surface area contributed by atoms with Crippen LogP contribution in [0.25, 0.3) is 0 Å². The van der Waals surface area contributed by atoms with E-state index in [-0.39, 0.29) is 11.6 Å². The summed E-state index contributed by atoms with van der Waals surface area (Å²) in [5.74, 6) is 0.190. The summed E-state index contributed by atoms with van der Waals surface area (Å²) < 4.78 is 0. The highest BCUT2D eigenvalue weighted by molar-refractivity contribution is 7.76. The van der Waals surface area contributed by atoms with Crippen molar-refractivity contribution >= 4 is 30.5 Å². The maximum absolute atomic E-state index is 12.9. The average Bonchev–Trinajstić information content (AvgIpc) is 2.47. The molecule has 0 saturated carbocycles. The van der Waals surface area contributed by atoms with Crippen LogP contribution >= 0.6 is 18.9 Å². The molecule has 4 heteroatoms. The van der Waals surface area contributed by atoms with Crippen LogP contribution < -0.4 is 5.32 Å². The van der Waals surface area contributed by atoms with Crippen LogP contribution in [-0.4, -0.2) is 30.6 Å². The molecule has 1 rings (SSSR count). The summed E-state index contributed by atoms with van der Waals surface area (Å²) in [5, 5.41) is 3.92. The highest BCUT2D eigenvalue weighted by Crippen LogP contribution is 2.60. The van der Waals surface area contributed by atoms with Crippen LogP contribution in [0.1, 0.15) is 44.7 Å². The van der Waals surface area contributed by atoms with Crippen molar-refractivity contribution in [1.29, 1.82) is 0 Å². The Hall–Kier alpha value is -0.590. The molecule has 1 N–H and O–H groups in total. The van der Waals surface area contributed by atoms with E-state index in [0.29, 0.717) is 0 Å². The Kier molecular flexibility index (Phi) is 7.35. The quantitative estimate of drug-likeness (QED) is 0.628. The highest BCUT2D eigenvalue weighted by Gasteiger charge is 2.42. The van der Waals surface area contributed by atoms with Gasteiger partial charge < -0.3 is 5.32 Å². The van der Waals surface area contributed by atoms with Crippen LogP contribution in [0.3, 0.4) is 0 Å². The van der Waals surface area contributed by atoms with E-state index in [1.165, 1.54) is 0 Å². The van der Waals surface area contributed by atoms with Gasteiger partial charge in [-0.2, -0.15) is 0 Å². The van der Waals surface area contributed by atoms with Gasteiger partial charge in [0.1, 0.15) is 5.66 Å². The van der Waals surface area contributed by atoms with Gasteiger partial charge in [0.25, 0.3) is 5.91 Å². The number of anilines is 1. The molecule has 0 radical (unpaired) electrons. The number of carbonyl (C=O) groups excluding carboxylic acids is 1. The number of amides is 1. The van der Waals surface area contributed by atoms with Crippen LogP contribution in [0.5, 0.6) is 0 Å². The molecular formula is C18H30ClNOP+. The number of aryl methyl sites for hydroxylation is 2. The fourth-order valence-corrected chi connectivity index (χ4v) is 6.15. The second kappa shape index (κ2) is 8.31. The summed E-state index contributed by atoms with van der Waals surface area (Å²) in [4.78, 5) is 12.9. The average molecular weight is 343 g/mol. The summed E-state index contributed by atoms with van der Waals surface area (Å²) in [5.41, 5.74) is 3.14. The molecule has 0 fully saturated rings. The van der Waals surface area contributed by atoms with E-state index < -0.39 is 7.26 Å². The molecule has 2 nitrogen and oxygen atoms in total. The van der Waals surface area contributed by atoms with Gasteiger partial charge in [-0.05, 0) is 57.4 Å². The number of benzene rings is 1. The lowest BCUT2D eigenvalue weighted by Crippen LogP contribution is -2.32. The minimum absolute atomic E-state index is 0.155. The first-order valence-electron chi connectivity index (χ1n) is 8.20. The van der Waals surface area contributed by atoms with Gasteiger partial charge in [-0.15, -0.1) is 0 Å². The Morgan fingerprint density at radius 3 is 2.09 bits per heavy atom. The third-order valence-electron chi connectivity index (χ3n) is 4.81. The van der Waals surface area contributed by atoms with E-state index in [1.807, 2.05) is 26.0 Å². The standard InChI is InChI=1S/C18H29ClNOP/c1-7-10-16(22(6,8-2)9-3)18(21)20-17-13(4)11-15(19)12-14(17)5/h11-12,16H,7-10H2,1-6H3/p+1. The van der Waals surface area contributed by atoms with Crippen molar-refractivity contribution in [3.05, 3.63) is 28.3 Å². The summed E-state index contributed by atoms with van der Waals surface area (Å²) in [6.45, 7) is 13.0. The zero-order chi connectivity index (χ0) is 16.9. The Bertz CT molecular complexity index is 503. The zero-order valence-corrected chi connectivity index (χ0v) is 16.4. The highest BCUT2D eigenvalue weighted by atomic mass is 35.5. The Balaban J connectivity index is 3.07. The predicted octanol–water partition coefficient (Wildman–Crippen LogP) is 5.75. The number of hydrogen-bond acceptors (Lipinski definition) is 1. The molecule has 0 saturated heterocycles. The summed E-state index contributed by atoms with van der Waals surface area (Å²) >= 11 is 6.08. The molecule has 0 heterocycles. The van der Waals surface area contributed by atoms with Crippen LogP contribution in [0.15, 0.2) is 12.1 Å². The fraction of sp³-hybridized carbons (Fsp3) is 0.611. The predicted molar refractivity (Wildman–Crippen MR) is 102 cm³/mol. The normalized spacial score (nSPS) is 13.0. The number of halogens is 1. The van der Waals surface area contributed by atoms with Gasteiger partial charge in [0, 0.05) is 24.6 Å². The molecule has 1 aromatic rings. The summed E-state index contributed by atoms with van der Waals surface area (Å²) in [7, 11) is -1.23. The minimum Gasteiger partial charge on any atom is -0.322 e. The first-order valence-corrected chi connectivity index (χ1v) is 11.3. The third-order valence-corrected chi connectivity index (χ3v) is 9.91. The van der Waals surface area contributed by atoms with Crippen LogP contribution in [0.2, 0.25) is 5.02 Å². The SMILES string of the molecule is CCCC(C(=O)Nc1c(C)cc(Cl)cc1C)[P+](C)(CC)CC. The molecule has 124 valence electrons. The molecular weight excluding hydrogens is 313 g/mol. The molecule has 0 aromatic heterocycles. The molecule has 0 aliphatic rings. The molecule has 0 bridgehead atoms. The maximum Gasteiger partial charge on any atom is 0.265 e. The van der Waals surface area contributed by atoms with Gasteiger partial charge in [-0.25, -0.2) is 0 Å². The van der Waals surface area contributed by atoms with Crippen molar-refractivity contribution in [2.75, 3.05) is 24.3 Å². The van der Waals surface area contributed by atoms with Gasteiger partial charge in [-0.1, -0.05) is 24.9 Å². The van der Waals surface area contributed by atoms with Gasteiger partial charge in [-0.3, -0.25) is 4.79 Å². The monoisotopic (exact) mass is 342 g/mol. The third kappa shape index (κ3) is 4.46. The molecule has 1 amide bonds. The fourth-order valence-electron chi connectivity index (χ4n) is 2.98. The van der Waals surface area contributed by atoms with Gasteiger partial charge in [0.15, 0.2) is 0 Å². The number of hydrogen-bond donors (Lipinski definition) is 1. The van der Waals surface area contributed by atoms with Crippen LogP contribution in [0, 0.1) is 13.8 Å². The molecule has 1 atom stereocenters. The molecule has 1 unspecified atom stereocenters. The van der Waals surface area contributed by atoms with E-state index in [2.05, 4.69) is 32.8 Å². The second-order valence-corrected chi connectivity index (χ2v) is 11.6. The lowest BCUT2D eigenvalue weighted by molar-refractivity contribution is -0.116. The largest absolute Gasteiger partial charge is 0.322 e. The number of rotatable bonds is 7. The van der Waals surface area contributed by atoms with E-state index in [4.69, 9.17) is 11.6 Å². The van der Waals surface area contributed by atoms with Crippen LogP contribution in [0.4, 0.5) is 5.69 Å². The summed E-state index contributed by atoms with van der Waals surface area (Å²) in [6, 6.07) is 3.82. The van der Waals surface area contributed by atoms with Crippen molar-refractivity contribution in [1.82, 2.24) is 0 Å². The Labute approximate surface area is 141 Å². The smallest absolute Gasteiger partial charge is 0.265 e. The van der Waals surface area contributed by atoms with Gasteiger partial charge in [0.05, 0.1) is 12.3 Å². The Morgan fingerprint density at radius 2 is 1.68 bits per heavy atom. The van der Waals surface area contributed by atoms with E-state index in [1.54, 1.807) is 0 Å². The molecule has 1 aromatic carbocycles. The molecule has 0 spiro atoms.